The maximum absolute atomic E-state index is 11.8. The van der Waals surface area contributed by atoms with Crippen molar-refractivity contribution in [3.63, 3.8) is 0 Å². The number of halogens is 1. The summed E-state index contributed by atoms with van der Waals surface area (Å²) in [7, 11) is 0. The van der Waals surface area contributed by atoms with Crippen LogP contribution in [-0.2, 0) is 4.79 Å². The minimum absolute atomic E-state index is 0.0111. The Labute approximate surface area is 136 Å². The Morgan fingerprint density at radius 3 is 2.87 bits per heavy atom. The molecular weight excluding hydrogens is 326 g/mol. The Balaban J connectivity index is 1.85. The van der Waals surface area contributed by atoms with Crippen LogP contribution in [0.1, 0.15) is 13.3 Å². The molecule has 0 radical (unpaired) electrons. The minimum Gasteiger partial charge on any atom is -0.338 e. The van der Waals surface area contributed by atoms with E-state index < -0.39 is 11.0 Å². The summed E-state index contributed by atoms with van der Waals surface area (Å²) in [6.45, 7) is 1.99. The number of amides is 3. The zero-order valence-electron chi connectivity index (χ0n) is 12.1. The molecule has 1 aromatic rings. The Bertz CT molecular complexity index is 691. The fourth-order valence-electron chi connectivity index (χ4n) is 2.06. The van der Waals surface area contributed by atoms with Gasteiger partial charge in [-0.2, -0.15) is 5.10 Å². The van der Waals surface area contributed by atoms with E-state index in [-0.39, 0.29) is 34.8 Å². The van der Waals surface area contributed by atoms with Crippen molar-refractivity contribution in [2.24, 2.45) is 11.0 Å². The highest BCUT2D eigenvalue weighted by atomic mass is 35.5. The molecule has 1 atom stereocenters. The largest absolute Gasteiger partial charge is 0.338 e. The Kier molecular flexibility index (Phi) is 5.12. The minimum atomic E-state index is -0.633. The van der Waals surface area contributed by atoms with E-state index in [9.17, 15) is 19.7 Å². The SMILES string of the molecule is CC1=NNC(=O)C1CCNC(=O)Nc1ccc(Cl)c([N+](=O)[O-])c1. The van der Waals surface area contributed by atoms with E-state index in [1.165, 1.54) is 18.2 Å². The summed E-state index contributed by atoms with van der Waals surface area (Å²) in [6.07, 6.45) is 0.412. The number of nitro groups is 1. The number of urea groups is 1. The lowest BCUT2D eigenvalue weighted by molar-refractivity contribution is -0.384. The zero-order valence-corrected chi connectivity index (χ0v) is 12.9. The lowest BCUT2D eigenvalue weighted by Gasteiger charge is -2.10. The Morgan fingerprint density at radius 1 is 1.52 bits per heavy atom. The molecule has 1 unspecified atom stereocenters. The smallest absolute Gasteiger partial charge is 0.319 e. The third kappa shape index (κ3) is 4.16. The van der Waals surface area contributed by atoms with E-state index in [1.54, 1.807) is 6.92 Å². The summed E-state index contributed by atoms with van der Waals surface area (Å²) in [6, 6.07) is 3.42. The number of rotatable bonds is 5. The van der Waals surface area contributed by atoms with Crippen LogP contribution >= 0.6 is 11.6 Å². The van der Waals surface area contributed by atoms with Crippen LogP contribution in [0, 0.1) is 16.0 Å². The number of hydrogen-bond donors (Lipinski definition) is 3. The summed E-state index contributed by atoms with van der Waals surface area (Å²) in [5, 5.41) is 19.6. The van der Waals surface area contributed by atoms with Gasteiger partial charge in [0.1, 0.15) is 5.02 Å². The van der Waals surface area contributed by atoms with Crippen molar-refractivity contribution < 1.29 is 14.5 Å². The van der Waals surface area contributed by atoms with Crippen LogP contribution in [0.3, 0.4) is 0 Å². The monoisotopic (exact) mass is 339 g/mol. The van der Waals surface area contributed by atoms with Gasteiger partial charge in [-0.25, -0.2) is 10.2 Å². The van der Waals surface area contributed by atoms with E-state index in [1.807, 2.05) is 0 Å². The lowest BCUT2D eigenvalue weighted by Crippen LogP contribution is -2.33. The summed E-state index contributed by atoms with van der Waals surface area (Å²) >= 11 is 5.69. The molecule has 10 heteroatoms. The third-order valence-electron chi connectivity index (χ3n) is 3.28. The van der Waals surface area contributed by atoms with Gasteiger partial charge in [-0.15, -0.1) is 0 Å². The summed E-state index contributed by atoms with van der Waals surface area (Å²) in [5.74, 6) is -0.551. The molecule has 0 bridgehead atoms. The molecule has 0 fully saturated rings. The molecule has 0 aliphatic carbocycles. The first kappa shape index (κ1) is 16.7. The van der Waals surface area contributed by atoms with Gasteiger partial charge in [-0.05, 0) is 25.5 Å². The van der Waals surface area contributed by atoms with Gasteiger partial charge in [0.15, 0.2) is 0 Å². The quantitative estimate of drug-likeness (QED) is 0.559. The Hall–Kier alpha value is -2.68. The van der Waals surface area contributed by atoms with Gasteiger partial charge in [-0.1, -0.05) is 11.6 Å². The summed E-state index contributed by atoms with van der Waals surface area (Å²) in [5.41, 5.74) is 2.99. The topological polar surface area (TPSA) is 126 Å². The summed E-state index contributed by atoms with van der Waals surface area (Å²) < 4.78 is 0. The highest BCUT2D eigenvalue weighted by Crippen LogP contribution is 2.27. The number of benzene rings is 1. The standard InChI is InChI=1S/C13H14ClN5O4/c1-7-9(12(20)18-17-7)4-5-15-13(21)16-8-2-3-10(14)11(6-8)19(22)23/h2-3,6,9H,4-5H2,1H3,(H,18,20)(H2,15,16,21). The molecule has 3 amide bonds. The van der Waals surface area contributed by atoms with E-state index in [0.717, 1.165) is 0 Å². The van der Waals surface area contributed by atoms with Crippen molar-refractivity contribution in [1.29, 1.82) is 0 Å². The number of carbonyl (C=O) groups excluding carboxylic acids is 2. The molecule has 1 heterocycles. The maximum atomic E-state index is 11.8. The van der Waals surface area contributed by atoms with Gasteiger partial charge < -0.3 is 10.6 Å². The predicted molar refractivity (Wildman–Crippen MR) is 84.5 cm³/mol. The second kappa shape index (κ2) is 7.05. The average molecular weight is 340 g/mol. The van der Waals surface area contributed by atoms with Gasteiger partial charge in [0.25, 0.3) is 5.69 Å². The van der Waals surface area contributed by atoms with Crippen LogP contribution < -0.4 is 16.1 Å². The first-order valence-electron chi connectivity index (χ1n) is 6.71. The van der Waals surface area contributed by atoms with Crippen LogP contribution in [0.15, 0.2) is 23.3 Å². The van der Waals surface area contributed by atoms with E-state index in [0.29, 0.717) is 12.1 Å². The normalized spacial score (nSPS) is 16.5. The highest BCUT2D eigenvalue weighted by molar-refractivity contribution is 6.32. The van der Waals surface area contributed by atoms with Crippen LogP contribution in [0.2, 0.25) is 5.02 Å². The molecule has 1 aliphatic heterocycles. The van der Waals surface area contributed by atoms with Crippen LogP contribution in [-0.4, -0.2) is 29.1 Å². The number of hydrogen-bond acceptors (Lipinski definition) is 5. The molecule has 0 saturated carbocycles. The second-order valence-electron chi connectivity index (χ2n) is 4.87. The third-order valence-corrected chi connectivity index (χ3v) is 3.60. The van der Waals surface area contributed by atoms with Crippen molar-refractivity contribution in [3.8, 4) is 0 Å². The molecule has 0 spiro atoms. The molecule has 1 aliphatic rings. The highest BCUT2D eigenvalue weighted by Gasteiger charge is 2.26. The van der Waals surface area contributed by atoms with Gasteiger partial charge in [0.2, 0.25) is 5.91 Å². The molecule has 9 nitrogen and oxygen atoms in total. The average Bonchev–Trinajstić information content (AvgIpc) is 2.80. The van der Waals surface area contributed by atoms with Gasteiger partial charge >= 0.3 is 6.03 Å². The number of nitrogens with zero attached hydrogens (tertiary/aromatic N) is 2. The predicted octanol–water partition coefficient (Wildman–Crippen LogP) is 1.88. The van der Waals surface area contributed by atoms with Crippen molar-refractivity contribution in [1.82, 2.24) is 10.7 Å². The molecule has 0 aromatic heterocycles. The number of anilines is 1. The van der Waals surface area contributed by atoms with E-state index in [4.69, 9.17) is 11.6 Å². The zero-order chi connectivity index (χ0) is 17.0. The number of hydrazone groups is 1. The molecule has 3 N–H and O–H groups in total. The molecule has 122 valence electrons. The van der Waals surface area contributed by atoms with E-state index >= 15 is 0 Å². The number of nitro benzene ring substituents is 1. The molecular formula is C13H14ClN5O4. The van der Waals surface area contributed by atoms with E-state index in [2.05, 4.69) is 21.2 Å². The Morgan fingerprint density at radius 2 is 2.26 bits per heavy atom. The van der Waals surface area contributed by atoms with Gasteiger partial charge in [0, 0.05) is 24.0 Å². The fraction of sp³-hybridized carbons (Fsp3) is 0.308. The van der Waals surface area contributed by atoms with Crippen molar-refractivity contribution >= 4 is 40.6 Å². The first-order valence-corrected chi connectivity index (χ1v) is 7.09. The van der Waals surface area contributed by atoms with Crippen molar-refractivity contribution in [3.05, 3.63) is 33.3 Å². The second-order valence-corrected chi connectivity index (χ2v) is 5.28. The van der Waals surface area contributed by atoms with Gasteiger partial charge in [0.05, 0.1) is 10.8 Å². The molecule has 1 aromatic carbocycles. The number of carbonyl (C=O) groups is 2. The molecule has 2 rings (SSSR count). The fourth-order valence-corrected chi connectivity index (χ4v) is 2.25. The van der Waals surface area contributed by atoms with Crippen molar-refractivity contribution in [2.75, 3.05) is 11.9 Å². The molecule has 0 saturated heterocycles. The van der Waals surface area contributed by atoms with Gasteiger partial charge in [-0.3, -0.25) is 14.9 Å². The first-order chi connectivity index (χ1) is 10.9. The lowest BCUT2D eigenvalue weighted by atomic mass is 10.0. The van der Waals surface area contributed by atoms with Crippen LogP contribution in [0.4, 0.5) is 16.2 Å². The summed E-state index contributed by atoms with van der Waals surface area (Å²) in [4.78, 5) is 33.4. The van der Waals surface area contributed by atoms with Crippen LogP contribution in [0.5, 0.6) is 0 Å². The maximum Gasteiger partial charge on any atom is 0.319 e. The van der Waals surface area contributed by atoms with Crippen LogP contribution in [0.25, 0.3) is 0 Å². The molecule has 23 heavy (non-hydrogen) atoms. The number of nitrogens with one attached hydrogen (secondary N) is 3. The van der Waals surface area contributed by atoms with Crippen molar-refractivity contribution in [2.45, 2.75) is 13.3 Å².